The maximum Gasteiger partial charge on any atom is 0.270 e. The van der Waals surface area contributed by atoms with Crippen molar-refractivity contribution in [3.8, 4) is 0 Å². The lowest BCUT2D eigenvalue weighted by Gasteiger charge is -2.05. The molecule has 0 saturated heterocycles. The zero-order valence-electron chi connectivity index (χ0n) is 14.3. The lowest BCUT2D eigenvalue weighted by atomic mass is 10.1. The van der Waals surface area contributed by atoms with Crippen LogP contribution in [0.15, 0.2) is 48.7 Å². The first-order valence-corrected chi connectivity index (χ1v) is 9.37. The number of carbonyl (C=O) groups excluding carboxylic acids is 1. The second kappa shape index (κ2) is 8.05. The zero-order valence-corrected chi connectivity index (χ0v) is 15.1. The quantitative estimate of drug-likeness (QED) is 0.374. The molecule has 6 nitrogen and oxygen atoms in total. The summed E-state index contributed by atoms with van der Waals surface area (Å²) in [5, 5.41) is 14.4. The molecular weight excluding hydrogens is 350 g/mol. The summed E-state index contributed by atoms with van der Waals surface area (Å²) in [5.41, 5.74) is 3.60. The molecule has 1 aromatic heterocycles. The van der Waals surface area contributed by atoms with E-state index in [9.17, 15) is 14.9 Å². The lowest BCUT2D eigenvalue weighted by molar-refractivity contribution is -0.384. The highest BCUT2D eigenvalue weighted by Gasteiger charge is 2.15. The standard InChI is InChI=1S/C19H19N3O3S/c1-13-2-4-14(5-3-13)12-26-9-8-20-19(23)17-11-21-18-7-6-15(22(24)25)10-16(17)18/h2-7,10-11,21H,8-9,12H2,1H3,(H,20,23). The Morgan fingerprint density at radius 1 is 1.23 bits per heavy atom. The molecule has 0 unspecified atom stereocenters. The van der Waals surface area contributed by atoms with E-state index >= 15 is 0 Å². The smallest absolute Gasteiger partial charge is 0.270 e. The molecule has 134 valence electrons. The number of hydrogen-bond donors (Lipinski definition) is 2. The Labute approximate surface area is 155 Å². The molecule has 7 heteroatoms. The van der Waals surface area contributed by atoms with Gasteiger partial charge in [-0.25, -0.2) is 0 Å². The van der Waals surface area contributed by atoms with Crippen molar-refractivity contribution in [3.63, 3.8) is 0 Å². The number of amides is 1. The lowest BCUT2D eigenvalue weighted by Crippen LogP contribution is -2.25. The molecule has 0 aliphatic rings. The highest BCUT2D eigenvalue weighted by molar-refractivity contribution is 7.98. The summed E-state index contributed by atoms with van der Waals surface area (Å²) in [5.74, 6) is 1.46. The summed E-state index contributed by atoms with van der Waals surface area (Å²) >= 11 is 1.75. The molecule has 3 aromatic rings. The highest BCUT2D eigenvalue weighted by atomic mass is 32.2. The Hall–Kier alpha value is -2.80. The molecular formula is C19H19N3O3S. The van der Waals surface area contributed by atoms with Gasteiger partial charge in [0.2, 0.25) is 0 Å². The van der Waals surface area contributed by atoms with Crippen LogP contribution in [-0.4, -0.2) is 28.1 Å². The Kier molecular flexibility index (Phi) is 5.58. The van der Waals surface area contributed by atoms with E-state index in [1.165, 1.54) is 23.3 Å². The van der Waals surface area contributed by atoms with E-state index in [0.717, 1.165) is 11.5 Å². The molecule has 26 heavy (non-hydrogen) atoms. The van der Waals surface area contributed by atoms with Gasteiger partial charge in [-0.1, -0.05) is 29.8 Å². The number of aromatic nitrogens is 1. The van der Waals surface area contributed by atoms with Crippen LogP contribution in [0.1, 0.15) is 21.5 Å². The monoisotopic (exact) mass is 369 g/mol. The van der Waals surface area contributed by atoms with Crippen molar-refractivity contribution >= 4 is 34.3 Å². The number of benzene rings is 2. The molecule has 0 aliphatic heterocycles. The van der Waals surface area contributed by atoms with Crippen molar-refractivity contribution in [1.29, 1.82) is 0 Å². The summed E-state index contributed by atoms with van der Waals surface area (Å²) in [6.07, 6.45) is 1.59. The number of non-ortho nitro benzene ring substituents is 1. The second-order valence-electron chi connectivity index (χ2n) is 5.98. The third kappa shape index (κ3) is 4.23. The van der Waals surface area contributed by atoms with Crippen LogP contribution in [-0.2, 0) is 5.75 Å². The molecule has 0 fully saturated rings. The van der Waals surface area contributed by atoms with E-state index < -0.39 is 4.92 Å². The van der Waals surface area contributed by atoms with E-state index in [-0.39, 0.29) is 11.6 Å². The van der Waals surface area contributed by atoms with E-state index in [4.69, 9.17) is 0 Å². The number of nitrogens with one attached hydrogen (secondary N) is 2. The number of carbonyl (C=O) groups is 1. The van der Waals surface area contributed by atoms with Gasteiger partial charge in [-0.3, -0.25) is 14.9 Å². The van der Waals surface area contributed by atoms with Gasteiger partial charge in [-0.15, -0.1) is 0 Å². The molecule has 0 saturated carbocycles. The zero-order chi connectivity index (χ0) is 18.5. The number of H-pyrrole nitrogens is 1. The predicted molar refractivity (Wildman–Crippen MR) is 105 cm³/mol. The van der Waals surface area contributed by atoms with Crippen molar-refractivity contribution < 1.29 is 9.72 Å². The third-order valence-corrected chi connectivity index (χ3v) is 5.07. The minimum absolute atomic E-state index is 0.0280. The van der Waals surface area contributed by atoms with E-state index in [1.54, 1.807) is 24.0 Å². The van der Waals surface area contributed by atoms with Gasteiger partial charge in [-0.2, -0.15) is 11.8 Å². The van der Waals surface area contributed by atoms with Crippen molar-refractivity contribution in [2.75, 3.05) is 12.3 Å². The molecule has 0 spiro atoms. The number of aryl methyl sites for hydroxylation is 1. The van der Waals surface area contributed by atoms with Crippen molar-refractivity contribution in [1.82, 2.24) is 10.3 Å². The van der Waals surface area contributed by atoms with Gasteiger partial charge in [0, 0.05) is 47.3 Å². The number of hydrogen-bond acceptors (Lipinski definition) is 4. The summed E-state index contributed by atoms with van der Waals surface area (Å²) in [7, 11) is 0. The average Bonchev–Trinajstić information content (AvgIpc) is 3.06. The normalized spacial score (nSPS) is 10.8. The Morgan fingerprint density at radius 3 is 2.73 bits per heavy atom. The van der Waals surface area contributed by atoms with Crippen LogP contribution in [0.2, 0.25) is 0 Å². The molecule has 0 aliphatic carbocycles. The summed E-state index contributed by atoms with van der Waals surface area (Å²) in [4.78, 5) is 25.8. The van der Waals surface area contributed by atoms with Gasteiger partial charge >= 0.3 is 0 Å². The Bertz CT molecular complexity index is 935. The molecule has 2 aromatic carbocycles. The van der Waals surface area contributed by atoms with Crippen LogP contribution in [0.4, 0.5) is 5.69 Å². The molecule has 2 N–H and O–H groups in total. The number of rotatable bonds is 7. The van der Waals surface area contributed by atoms with Gasteiger partial charge in [-0.05, 0) is 18.6 Å². The van der Waals surface area contributed by atoms with Gasteiger partial charge in [0.25, 0.3) is 11.6 Å². The van der Waals surface area contributed by atoms with Crippen molar-refractivity contribution in [3.05, 3.63) is 75.5 Å². The fourth-order valence-corrected chi connectivity index (χ4v) is 3.44. The molecule has 0 atom stereocenters. The molecule has 0 radical (unpaired) electrons. The average molecular weight is 369 g/mol. The molecule has 3 rings (SSSR count). The summed E-state index contributed by atoms with van der Waals surface area (Å²) < 4.78 is 0. The second-order valence-corrected chi connectivity index (χ2v) is 7.09. The minimum Gasteiger partial charge on any atom is -0.360 e. The van der Waals surface area contributed by atoms with Gasteiger partial charge < -0.3 is 10.3 Å². The van der Waals surface area contributed by atoms with Crippen LogP contribution in [0.5, 0.6) is 0 Å². The number of nitrogens with zero attached hydrogens (tertiary/aromatic N) is 1. The van der Waals surface area contributed by atoms with Crippen molar-refractivity contribution in [2.24, 2.45) is 0 Å². The van der Waals surface area contributed by atoms with Crippen LogP contribution in [0.3, 0.4) is 0 Å². The van der Waals surface area contributed by atoms with Crippen LogP contribution in [0, 0.1) is 17.0 Å². The van der Waals surface area contributed by atoms with E-state index in [2.05, 4.69) is 41.5 Å². The SMILES string of the molecule is Cc1ccc(CSCCNC(=O)c2c[nH]c3ccc([N+](=O)[O-])cc23)cc1. The molecule has 1 heterocycles. The third-order valence-electron chi connectivity index (χ3n) is 4.04. The minimum atomic E-state index is -0.462. The Morgan fingerprint density at radius 2 is 2.00 bits per heavy atom. The van der Waals surface area contributed by atoms with Gasteiger partial charge in [0.15, 0.2) is 0 Å². The number of aromatic amines is 1. The largest absolute Gasteiger partial charge is 0.360 e. The van der Waals surface area contributed by atoms with Crippen LogP contribution >= 0.6 is 11.8 Å². The summed E-state index contributed by atoms with van der Waals surface area (Å²) in [6, 6.07) is 12.9. The fraction of sp³-hybridized carbons (Fsp3) is 0.211. The van der Waals surface area contributed by atoms with E-state index in [1.807, 2.05) is 0 Å². The topological polar surface area (TPSA) is 88.0 Å². The first kappa shape index (κ1) is 18.0. The van der Waals surface area contributed by atoms with Crippen molar-refractivity contribution in [2.45, 2.75) is 12.7 Å². The first-order valence-electron chi connectivity index (χ1n) is 8.21. The fourth-order valence-electron chi connectivity index (χ4n) is 2.62. The Balaban J connectivity index is 1.53. The number of nitro groups is 1. The highest BCUT2D eigenvalue weighted by Crippen LogP contribution is 2.23. The predicted octanol–water partition coefficient (Wildman–Crippen LogP) is 4.05. The molecule has 0 bridgehead atoms. The number of fused-ring (bicyclic) bond motifs is 1. The van der Waals surface area contributed by atoms with E-state index in [0.29, 0.717) is 23.0 Å². The van der Waals surface area contributed by atoms with Crippen LogP contribution < -0.4 is 5.32 Å². The molecule has 1 amide bonds. The maximum absolute atomic E-state index is 12.4. The van der Waals surface area contributed by atoms with Gasteiger partial charge in [0.1, 0.15) is 0 Å². The number of thioether (sulfide) groups is 1. The van der Waals surface area contributed by atoms with Gasteiger partial charge in [0.05, 0.1) is 10.5 Å². The number of nitro benzene ring substituents is 1. The van der Waals surface area contributed by atoms with Crippen LogP contribution in [0.25, 0.3) is 10.9 Å². The summed E-state index contributed by atoms with van der Waals surface area (Å²) in [6.45, 7) is 2.60. The first-order chi connectivity index (χ1) is 12.5. The maximum atomic E-state index is 12.4.